The third-order valence-corrected chi connectivity index (χ3v) is 4.63. The van der Waals surface area contributed by atoms with Crippen LogP contribution in [0.1, 0.15) is 31.5 Å². The summed E-state index contributed by atoms with van der Waals surface area (Å²) in [5.74, 6) is 2.64. The van der Waals surface area contributed by atoms with Crippen LogP contribution in [0.2, 0.25) is 0 Å². The molecule has 0 aliphatic carbocycles. The van der Waals surface area contributed by atoms with E-state index in [1.807, 2.05) is 30.3 Å². The van der Waals surface area contributed by atoms with E-state index in [-0.39, 0.29) is 5.92 Å². The molecule has 3 aromatic rings. The predicted octanol–water partition coefficient (Wildman–Crippen LogP) is 2.37. The van der Waals surface area contributed by atoms with Gasteiger partial charge in [0.05, 0.1) is 12.2 Å². The van der Waals surface area contributed by atoms with Crippen molar-refractivity contribution in [1.29, 1.82) is 0 Å². The van der Waals surface area contributed by atoms with Crippen LogP contribution in [0.5, 0.6) is 0 Å². The van der Waals surface area contributed by atoms with E-state index in [4.69, 9.17) is 4.52 Å². The number of hydrogen-bond acceptors (Lipinski definition) is 8. The van der Waals surface area contributed by atoms with Crippen molar-refractivity contribution < 1.29 is 4.52 Å². The van der Waals surface area contributed by atoms with Gasteiger partial charge >= 0.3 is 0 Å². The summed E-state index contributed by atoms with van der Waals surface area (Å²) in [6.07, 6.45) is 1.76. The summed E-state index contributed by atoms with van der Waals surface area (Å²) in [5.41, 5.74) is 1.62. The van der Waals surface area contributed by atoms with E-state index in [0.29, 0.717) is 12.4 Å². The molecule has 1 aliphatic rings. The minimum Gasteiger partial charge on any atom is -0.353 e. The van der Waals surface area contributed by atoms with Crippen molar-refractivity contribution in [3.63, 3.8) is 0 Å². The molecule has 0 spiro atoms. The normalized spacial score (nSPS) is 15.4. The zero-order valence-electron chi connectivity index (χ0n) is 15.6. The summed E-state index contributed by atoms with van der Waals surface area (Å²) in [5, 5.41) is 12.7. The second-order valence-electron chi connectivity index (χ2n) is 6.96. The van der Waals surface area contributed by atoms with Gasteiger partial charge in [-0.1, -0.05) is 25.1 Å². The highest BCUT2D eigenvalue weighted by Gasteiger charge is 2.21. The molecule has 4 heterocycles. The number of pyridine rings is 1. The van der Waals surface area contributed by atoms with Crippen molar-refractivity contribution >= 4 is 5.82 Å². The number of aromatic nitrogens is 5. The average Bonchev–Trinajstić information content (AvgIpc) is 3.18. The van der Waals surface area contributed by atoms with Crippen LogP contribution in [0.4, 0.5) is 5.82 Å². The van der Waals surface area contributed by atoms with Crippen molar-refractivity contribution in [2.75, 3.05) is 31.1 Å². The lowest BCUT2D eigenvalue weighted by Gasteiger charge is -2.34. The first kappa shape index (κ1) is 17.5. The van der Waals surface area contributed by atoms with Crippen LogP contribution in [-0.2, 0) is 6.54 Å². The van der Waals surface area contributed by atoms with Crippen LogP contribution < -0.4 is 4.90 Å². The largest absolute Gasteiger partial charge is 0.353 e. The minimum atomic E-state index is 0.284. The van der Waals surface area contributed by atoms with Gasteiger partial charge in [0.2, 0.25) is 5.89 Å². The minimum absolute atomic E-state index is 0.284. The Morgan fingerprint density at radius 3 is 2.48 bits per heavy atom. The molecule has 0 bridgehead atoms. The zero-order chi connectivity index (χ0) is 18.6. The quantitative estimate of drug-likeness (QED) is 0.681. The summed E-state index contributed by atoms with van der Waals surface area (Å²) < 4.78 is 5.35. The Labute approximate surface area is 158 Å². The first-order chi connectivity index (χ1) is 13.2. The average molecular weight is 365 g/mol. The van der Waals surface area contributed by atoms with Crippen LogP contribution in [0.25, 0.3) is 11.4 Å². The summed E-state index contributed by atoms with van der Waals surface area (Å²) >= 11 is 0. The molecule has 27 heavy (non-hydrogen) atoms. The molecule has 0 unspecified atom stereocenters. The number of piperazine rings is 1. The highest BCUT2D eigenvalue weighted by Crippen LogP contribution is 2.18. The summed E-state index contributed by atoms with van der Waals surface area (Å²) in [6, 6.07) is 9.76. The molecule has 1 fully saturated rings. The highest BCUT2D eigenvalue weighted by molar-refractivity contribution is 5.54. The predicted molar refractivity (Wildman–Crippen MR) is 101 cm³/mol. The lowest BCUT2D eigenvalue weighted by Crippen LogP contribution is -2.46. The Kier molecular flexibility index (Phi) is 5.06. The van der Waals surface area contributed by atoms with Gasteiger partial charge in [-0.15, -0.1) is 10.2 Å². The van der Waals surface area contributed by atoms with Crippen LogP contribution in [0.3, 0.4) is 0 Å². The molecule has 0 amide bonds. The summed E-state index contributed by atoms with van der Waals surface area (Å²) in [6.45, 7) is 8.44. The maximum atomic E-state index is 5.35. The molecule has 0 atom stereocenters. The van der Waals surface area contributed by atoms with Gasteiger partial charge in [-0.25, -0.2) is 0 Å². The van der Waals surface area contributed by atoms with Gasteiger partial charge in [0.1, 0.15) is 5.69 Å². The fraction of sp³-hybridized carbons (Fsp3) is 0.421. The number of hydrogen-bond donors (Lipinski definition) is 0. The molecule has 0 saturated carbocycles. The molecular weight excluding hydrogens is 342 g/mol. The molecular formula is C19H23N7O. The number of nitrogens with zero attached hydrogens (tertiary/aromatic N) is 7. The van der Waals surface area contributed by atoms with Crippen LogP contribution in [0.15, 0.2) is 41.1 Å². The van der Waals surface area contributed by atoms with Gasteiger partial charge in [-0.2, -0.15) is 4.98 Å². The van der Waals surface area contributed by atoms with Gasteiger partial charge in [0.15, 0.2) is 11.6 Å². The first-order valence-corrected chi connectivity index (χ1v) is 9.24. The Morgan fingerprint density at radius 1 is 1.00 bits per heavy atom. The van der Waals surface area contributed by atoms with Gasteiger partial charge in [0.25, 0.3) is 0 Å². The Hall–Kier alpha value is -2.87. The third kappa shape index (κ3) is 4.11. The van der Waals surface area contributed by atoms with E-state index < -0.39 is 0 Å². The Morgan fingerprint density at radius 2 is 1.85 bits per heavy atom. The Balaban J connectivity index is 1.33. The first-order valence-electron chi connectivity index (χ1n) is 9.24. The van der Waals surface area contributed by atoms with E-state index in [0.717, 1.165) is 49.2 Å². The van der Waals surface area contributed by atoms with E-state index in [9.17, 15) is 0 Å². The van der Waals surface area contributed by atoms with Gasteiger partial charge in [-0.05, 0) is 24.3 Å². The zero-order valence-corrected chi connectivity index (χ0v) is 15.6. The third-order valence-electron chi connectivity index (χ3n) is 4.63. The molecule has 8 nitrogen and oxygen atoms in total. The molecule has 1 saturated heterocycles. The molecule has 0 radical (unpaired) electrons. The molecule has 8 heteroatoms. The molecule has 3 aromatic heterocycles. The number of rotatable bonds is 5. The van der Waals surface area contributed by atoms with Gasteiger partial charge < -0.3 is 9.42 Å². The van der Waals surface area contributed by atoms with E-state index in [1.165, 1.54) is 0 Å². The molecule has 140 valence electrons. The van der Waals surface area contributed by atoms with Gasteiger partial charge in [0, 0.05) is 38.3 Å². The molecule has 1 aliphatic heterocycles. The lowest BCUT2D eigenvalue weighted by molar-refractivity contribution is 0.215. The lowest BCUT2D eigenvalue weighted by atomic mass is 10.2. The smallest absolute Gasteiger partial charge is 0.240 e. The molecule has 0 N–H and O–H groups in total. The summed E-state index contributed by atoms with van der Waals surface area (Å²) in [7, 11) is 0. The standard InChI is InChI=1S/C19H23N7O/c1-14(2)19-21-18(27-24-19)13-25-9-11-26(12-10-25)17-7-6-16(22-23-17)15-5-3-4-8-20-15/h3-8,14H,9-13H2,1-2H3. The maximum Gasteiger partial charge on any atom is 0.240 e. The van der Waals surface area contributed by atoms with Crippen LogP contribution in [-0.4, -0.2) is 56.4 Å². The van der Waals surface area contributed by atoms with Gasteiger partial charge in [-0.3, -0.25) is 9.88 Å². The van der Waals surface area contributed by atoms with Crippen molar-refractivity contribution in [2.45, 2.75) is 26.3 Å². The second-order valence-corrected chi connectivity index (χ2v) is 6.96. The maximum absolute atomic E-state index is 5.35. The monoisotopic (exact) mass is 365 g/mol. The van der Waals surface area contributed by atoms with Crippen molar-refractivity contribution in [1.82, 2.24) is 30.2 Å². The van der Waals surface area contributed by atoms with E-state index in [1.54, 1.807) is 6.20 Å². The van der Waals surface area contributed by atoms with Crippen LogP contribution in [0, 0.1) is 0 Å². The fourth-order valence-electron chi connectivity index (χ4n) is 3.04. The topological polar surface area (TPSA) is 84.1 Å². The van der Waals surface area contributed by atoms with Crippen molar-refractivity contribution in [3.8, 4) is 11.4 Å². The van der Waals surface area contributed by atoms with Crippen molar-refractivity contribution in [3.05, 3.63) is 48.2 Å². The number of anilines is 1. The summed E-state index contributed by atoms with van der Waals surface area (Å²) in [4.78, 5) is 13.3. The SMILES string of the molecule is CC(C)c1noc(CN2CCN(c3ccc(-c4ccccn4)nn3)CC2)n1. The van der Waals surface area contributed by atoms with E-state index >= 15 is 0 Å². The molecule has 0 aromatic carbocycles. The highest BCUT2D eigenvalue weighted by atomic mass is 16.5. The van der Waals surface area contributed by atoms with E-state index in [2.05, 4.69) is 49.0 Å². The van der Waals surface area contributed by atoms with Crippen LogP contribution >= 0.6 is 0 Å². The second kappa shape index (κ2) is 7.79. The van der Waals surface area contributed by atoms with Crippen molar-refractivity contribution in [2.24, 2.45) is 0 Å². The Bertz CT molecular complexity index is 855. The fourth-order valence-corrected chi connectivity index (χ4v) is 3.04. The molecule has 4 rings (SSSR count).